The van der Waals surface area contributed by atoms with Crippen molar-refractivity contribution in [3.8, 4) is 0 Å². The molecule has 1 aromatic rings. The Kier molecular flexibility index (Phi) is 5.04. The van der Waals surface area contributed by atoms with Crippen LogP contribution in [-0.4, -0.2) is 52.2 Å². The van der Waals surface area contributed by atoms with Gasteiger partial charge in [-0.3, -0.25) is 4.90 Å². The largest absolute Gasteiger partial charge is 0.376 e. The highest BCUT2D eigenvalue weighted by Gasteiger charge is 2.18. The molecule has 2 aliphatic rings. The predicted molar refractivity (Wildman–Crippen MR) is 85.4 cm³/mol. The summed E-state index contributed by atoms with van der Waals surface area (Å²) < 4.78 is 5.59. The van der Waals surface area contributed by atoms with E-state index in [9.17, 15) is 0 Å². The number of ether oxygens (including phenoxy) is 1. The molecule has 1 atom stereocenters. The first-order chi connectivity index (χ1) is 10.7. The van der Waals surface area contributed by atoms with E-state index in [1.165, 1.54) is 12.8 Å². The van der Waals surface area contributed by atoms with Crippen molar-refractivity contribution in [2.45, 2.75) is 45.3 Å². The van der Waals surface area contributed by atoms with E-state index in [2.05, 4.69) is 32.1 Å². The molecule has 1 unspecified atom stereocenters. The maximum Gasteiger partial charge on any atom is 0.227 e. The van der Waals surface area contributed by atoms with Gasteiger partial charge in [0.25, 0.3) is 0 Å². The lowest BCUT2D eigenvalue weighted by atomic mass is 9.99. The van der Waals surface area contributed by atoms with Gasteiger partial charge in [0.05, 0.1) is 12.6 Å². The molecular weight excluding hydrogens is 280 g/mol. The summed E-state index contributed by atoms with van der Waals surface area (Å²) in [7, 11) is 0. The van der Waals surface area contributed by atoms with Gasteiger partial charge in [0.15, 0.2) is 0 Å². The normalized spacial score (nSPS) is 23.8. The standard InChI is InChI=1S/C15H26N6O/c1-11-4-6-21(7-5-11)10-13-18-14(16)20-15(19-13)17-9-12-3-2-8-22-12/h11-12H,2-10H2,1H3,(H3,16,17,18,19,20). The molecule has 22 heavy (non-hydrogen) atoms. The van der Waals surface area contributed by atoms with Crippen LogP contribution in [-0.2, 0) is 11.3 Å². The van der Waals surface area contributed by atoms with Crippen LogP contribution in [0.25, 0.3) is 0 Å². The van der Waals surface area contributed by atoms with Crippen molar-refractivity contribution < 1.29 is 4.74 Å². The molecule has 0 aromatic carbocycles. The summed E-state index contributed by atoms with van der Waals surface area (Å²) in [5.41, 5.74) is 5.82. The molecule has 0 radical (unpaired) electrons. The van der Waals surface area contributed by atoms with Crippen molar-refractivity contribution in [2.24, 2.45) is 5.92 Å². The van der Waals surface area contributed by atoms with Crippen LogP contribution in [0.1, 0.15) is 38.4 Å². The second-order valence-corrected chi connectivity index (χ2v) is 6.41. The van der Waals surface area contributed by atoms with Gasteiger partial charge in [0.2, 0.25) is 11.9 Å². The summed E-state index contributed by atoms with van der Waals surface area (Å²) in [6.45, 7) is 6.84. The minimum absolute atomic E-state index is 0.255. The van der Waals surface area contributed by atoms with Crippen molar-refractivity contribution in [1.82, 2.24) is 19.9 Å². The third-order valence-corrected chi connectivity index (χ3v) is 4.45. The lowest BCUT2D eigenvalue weighted by Crippen LogP contribution is -2.33. The van der Waals surface area contributed by atoms with Crippen LogP contribution in [0.5, 0.6) is 0 Å². The van der Waals surface area contributed by atoms with E-state index < -0.39 is 0 Å². The van der Waals surface area contributed by atoms with Gasteiger partial charge in [0, 0.05) is 13.2 Å². The van der Waals surface area contributed by atoms with Crippen LogP contribution in [0.2, 0.25) is 0 Å². The monoisotopic (exact) mass is 306 g/mol. The van der Waals surface area contributed by atoms with Gasteiger partial charge < -0.3 is 15.8 Å². The first kappa shape index (κ1) is 15.4. The van der Waals surface area contributed by atoms with E-state index in [1.54, 1.807) is 0 Å². The topological polar surface area (TPSA) is 89.2 Å². The molecule has 7 heteroatoms. The van der Waals surface area contributed by atoms with E-state index in [1.807, 2.05) is 0 Å². The number of hydrogen-bond donors (Lipinski definition) is 2. The molecule has 122 valence electrons. The van der Waals surface area contributed by atoms with Crippen molar-refractivity contribution >= 4 is 11.9 Å². The number of rotatable bonds is 5. The zero-order chi connectivity index (χ0) is 15.4. The second kappa shape index (κ2) is 7.19. The van der Waals surface area contributed by atoms with Gasteiger partial charge in [-0.1, -0.05) is 6.92 Å². The smallest absolute Gasteiger partial charge is 0.227 e. The van der Waals surface area contributed by atoms with Crippen LogP contribution in [0.3, 0.4) is 0 Å². The van der Waals surface area contributed by atoms with E-state index in [0.717, 1.165) is 57.4 Å². The van der Waals surface area contributed by atoms with E-state index >= 15 is 0 Å². The number of hydrogen-bond acceptors (Lipinski definition) is 7. The highest BCUT2D eigenvalue weighted by atomic mass is 16.5. The lowest BCUT2D eigenvalue weighted by Gasteiger charge is -2.29. The summed E-state index contributed by atoms with van der Waals surface area (Å²) in [4.78, 5) is 15.3. The van der Waals surface area contributed by atoms with E-state index in [4.69, 9.17) is 10.5 Å². The average molecular weight is 306 g/mol. The highest BCUT2D eigenvalue weighted by Crippen LogP contribution is 2.18. The fourth-order valence-corrected chi connectivity index (χ4v) is 3.02. The minimum atomic E-state index is 0.255. The molecule has 0 saturated carbocycles. The summed E-state index contributed by atoms with van der Waals surface area (Å²) in [6, 6.07) is 0. The maximum atomic E-state index is 5.82. The number of nitrogens with two attached hydrogens (primary N) is 1. The molecule has 3 N–H and O–H groups in total. The Hall–Kier alpha value is -1.47. The van der Waals surface area contributed by atoms with Crippen molar-refractivity contribution in [2.75, 3.05) is 37.3 Å². The molecule has 0 spiro atoms. The minimum Gasteiger partial charge on any atom is -0.376 e. The predicted octanol–water partition coefficient (Wildman–Crippen LogP) is 1.28. The summed E-state index contributed by atoms with van der Waals surface area (Å²) >= 11 is 0. The Morgan fingerprint density at radius 3 is 2.77 bits per heavy atom. The van der Waals surface area contributed by atoms with Gasteiger partial charge in [0.1, 0.15) is 5.82 Å². The zero-order valence-corrected chi connectivity index (χ0v) is 13.3. The van der Waals surface area contributed by atoms with Crippen LogP contribution in [0, 0.1) is 5.92 Å². The van der Waals surface area contributed by atoms with Crippen LogP contribution < -0.4 is 11.1 Å². The molecule has 2 saturated heterocycles. The molecular formula is C15H26N6O. The summed E-state index contributed by atoms with van der Waals surface area (Å²) in [6.07, 6.45) is 4.96. The van der Waals surface area contributed by atoms with Gasteiger partial charge in [-0.05, 0) is 44.7 Å². The molecule has 3 rings (SSSR count). The Morgan fingerprint density at radius 1 is 1.23 bits per heavy atom. The Balaban J connectivity index is 1.56. The number of nitrogens with zero attached hydrogens (tertiary/aromatic N) is 4. The lowest BCUT2D eigenvalue weighted by molar-refractivity contribution is 0.120. The molecule has 0 aliphatic carbocycles. The Bertz CT molecular complexity index is 483. The summed E-state index contributed by atoms with van der Waals surface area (Å²) in [5, 5.41) is 3.23. The number of aromatic nitrogens is 3. The number of piperidine rings is 1. The fraction of sp³-hybridized carbons (Fsp3) is 0.800. The van der Waals surface area contributed by atoms with E-state index in [0.29, 0.717) is 5.95 Å². The van der Waals surface area contributed by atoms with Gasteiger partial charge in [-0.25, -0.2) is 0 Å². The SMILES string of the molecule is CC1CCN(Cc2nc(N)nc(NCC3CCCO3)n2)CC1. The first-order valence-corrected chi connectivity index (χ1v) is 8.27. The molecule has 3 heterocycles. The number of likely N-dealkylation sites (tertiary alicyclic amines) is 1. The van der Waals surface area contributed by atoms with Gasteiger partial charge in [-0.15, -0.1) is 0 Å². The Morgan fingerprint density at radius 2 is 2.05 bits per heavy atom. The van der Waals surface area contributed by atoms with Crippen LogP contribution in [0.4, 0.5) is 11.9 Å². The number of nitrogen functional groups attached to an aromatic ring is 1. The Labute approximate surface area is 131 Å². The molecule has 7 nitrogen and oxygen atoms in total. The van der Waals surface area contributed by atoms with Crippen molar-refractivity contribution in [3.05, 3.63) is 5.82 Å². The van der Waals surface area contributed by atoms with Gasteiger partial charge >= 0.3 is 0 Å². The average Bonchev–Trinajstić information content (AvgIpc) is 3.00. The quantitative estimate of drug-likeness (QED) is 0.847. The molecule has 1 aromatic heterocycles. The molecule has 2 aliphatic heterocycles. The zero-order valence-electron chi connectivity index (χ0n) is 13.3. The molecule has 2 fully saturated rings. The molecule has 0 amide bonds. The van der Waals surface area contributed by atoms with Gasteiger partial charge in [-0.2, -0.15) is 15.0 Å². The van der Waals surface area contributed by atoms with Crippen molar-refractivity contribution in [1.29, 1.82) is 0 Å². The third-order valence-electron chi connectivity index (χ3n) is 4.45. The van der Waals surface area contributed by atoms with E-state index in [-0.39, 0.29) is 12.1 Å². The fourth-order valence-electron chi connectivity index (χ4n) is 3.02. The highest BCUT2D eigenvalue weighted by molar-refractivity contribution is 5.31. The van der Waals surface area contributed by atoms with Crippen LogP contribution in [0.15, 0.2) is 0 Å². The second-order valence-electron chi connectivity index (χ2n) is 6.41. The third kappa shape index (κ3) is 4.27. The molecule has 0 bridgehead atoms. The first-order valence-electron chi connectivity index (χ1n) is 8.27. The summed E-state index contributed by atoms with van der Waals surface area (Å²) in [5.74, 6) is 2.41. The van der Waals surface area contributed by atoms with Crippen molar-refractivity contribution in [3.63, 3.8) is 0 Å². The maximum absolute atomic E-state index is 5.82. The number of anilines is 2. The van der Waals surface area contributed by atoms with Crippen LogP contribution >= 0.6 is 0 Å². The number of nitrogens with one attached hydrogen (secondary N) is 1.